The fourth-order valence-electron chi connectivity index (χ4n) is 2.75. The number of carbonyl (C=O) groups excluding carboxylic acids is 2. The van der Waals surface area contributed by atoms with Crippen LogP contribution in [-0.4, -0.2) is 56.6 Å². The highest BCUT2D eigenvalue weighted by atomic mass is 19.3. The molecule has 1 atom stereocenters. The van der Waals surface area contributed by atoms with Crippen molar-refractivity contribution in [2.24, 2.45) is 0 Å². The van der Waals surface area contributed by atoms with Crippen LogP contribution < -0.4 is 0 Å². The van der Waals surface area contributed by atoms with Gasteiger partial charge in [-0.25, -0.2) is 9.78 Å². The quantitative estimate of drug-likeness (QED) is 0.830. The van der Waals surface area contributed by atoms with E-state index in [2.05, 4.69) is 4.98 Å². The average molecular weight is 358 g/mol. The van der Waals surface area contributed by atoms with E-state index in [9.17, 15) is 18.4 Å². The van der Waals surface area contributed by atoms with Gasteiger partial charge in [0.15, 0.2) is 0 Å². The summed E-state index contributed by atoms with van der Waals surface area (Å²) in [6, 6.07) is -0.644. The molecule has 1 aliphatic rings. The summed E-state index contributed by atoms with van der Waals surface area (Å²) in [6.07, 6.45) is 3.11. The average Bonchev–Trinajstić information content (AvgIpc) is 3.13. The number of alkyl halides is 2. The van der Waals surface area contributed by atoms with Crippen molar-refractivity contribution in [3.05, 3.63) is 18.2 Å². The maximum atomic E-state index is 12.9. The number of carbonyl (C=O) groups is 2. The molecule has 0 bridgehead atoms. The lowest BCUT2D eigenvalue weighted by Gasteiger charge is -2.30. The van der Waals surface area contributed by atoms with Crippen molar-refractivity contribution in [1.29, 1.82) is 0 Å². The van der Waals surface area contributed by atoms with Crippen LogP contribution in [0.3, 0.4) is 0 Å². The smallest absolute Gasteiger partial charge is 0.410 e. The highest BCUT2D eigenvalue weighted by molar-refractivity contribution is 5.86. The summed E-state index contributed by atoms with van der Waals surface area (Å²) < 4.78 is 31.8. The molecular formula is C16H24F2N4O3. The van der Waals surface area contributed by atoms with Gasteiger partial charge in [-0.1, -0.05) is 0 Å². The van der Waals surface area contributed by atoms with Crippen molar-refractivity contribution in [2.45, 2.75) is 58.3 Å². The molecule has 0 spiro atoms. The van der Waals surface area contributed by atoms with Crippen LogP contribution in [-0.2, 0) is 16.1 Å². The fraction of sp³-hybridized carbons (Fsp3) is 0.688. The second-order valence-corrected chi connectivity index (χ2v) is 7.05. The first-order valence-corrected chi connectivity index (χ1v) is 8.14. The first kappa shape index (κ1) is 19.1. The van der Waals surface area contributed by atoms with Crippen molar-refractivity contribution in [3.8, 4) is 0 Å². The van der Waals surface area contributed by atoms with E-state index in [-0.39, 0.29) is 18.3 Å². The van der Waals surface area contributed by atoms with E-state index in [0.29, 0.717) is 24.0 Å². The summed E-state index contributed by atoms with van der Waals surface area (Å²) in [5.41, 5.74) is -0.652. The predicted molar refractivity (Wildman–Crippen MR) is 85.9 cm³/mol. The molecule has 1 unspecified atom stereocenters. The maximum absolute atomic E-state index is 12.9. The Morgan fingerprint density at radius 2 is 2.12 bits per heavy atom. The van der Waals surface area contributed by atoms with Gasteiger partial charge in [0.25, 0.3) is 0 Å². The topological polar surface area (TPSA) is 67.7 Å². The Kier molecular flexibility index (Phi) is 5.64. The predicted octanol–water partition coefficient (Wildman–Crippen LogP) is 2.64. The summed E-state index contributed by atoms with van der Waals surface area (Å²) >= 11 is 0. The van der Waals surface area contributed by atoms with Crippen molar-refractivity contribution in [2.75, 3.05) is 13.6 Å². The lowest BCUT2D eigenvalue weighted by molar-refractivity contribution is -0.135. The number of hydrogen-bond donors (Lipinski definition) is 0. The minimum Gasteiger partial charge on any atom is -0.444 e. The number of halogens is 2. The number of likely N-dealkylation sites (tertiary alicyclic amines) is 1. The third-order valence-corrected chi connectivity index (χ3v) is 3.88. The Morgan fingerprint density at radius 3 is 2.72 bits per heavy atom. The molecule has 1 aromatic heterocycles. The molecule has 0 saturated carbocycles. The Labute approximate surface area is 145 Å². The van der Waals surface area contributed by atoms with Crippen molar-refractivity contribution in [1.82, 2.24) is 19.4 Å². The second kappa shape index (κ2) is 7.37. The Morgan fingerprint density at radius 1 is 1.44 bits per heavy atom. The largest absolute Gasteiger partial charge is 0.444 e. The van der Waals surface area contributed by atoms with Crippen LogP contribution in [0.5, 0.6) is 0 Å². The highest BCUT2D eigenvalue weighted by Crippen LogP contribution is 2.23. The van der Waals surface area contributed by atoms with Crippen LogP contribution >= 0.6 is 0 Å². The summed E-state index contributed by atoms with van der Waals surface area (Å²) in [5, 5.41) is 0. The van der Waals surface area contributed by atoms with Crippen molar-refractivity contribution in [3.63, 3.8) is 0 Å². The number of hydrogen-bond acceptors (Lipinski definition) is 4. The number of amides is 2. The van der Waals surface area contributed by atoms with Gasteiger partial charge in [-0.3, -0.25) is 14.3 Å². The van der Waals surface area contributed by atoms with Gasteiger partial charge in [0.05, 0.1) is 6.54 Å². The van der Waals surface area contributed by atoms with Gasteiger partial charge < -0.3 is 9.64 Å². The van der Waals surface area contributed by atoms with Crippen molar-refractivity contribution >= 4 is 12.0 Å². The highest BCUT2D eigenvalue weighted by Gasteiger charge is 2.38. The van der Waals surface area contributed by atoms with Gasteiger partial charge in [0.2, 0.25) is 5.91 Å². The number of imidazole rings is 1. The first-order chi connectivity index (χ1) is 11.6. The van der Waals surface area contributed by atoms with E-state index >= 15 is 0 Å². The van der Waals surface area contributed by atoms with Gasteiger partial charge >= 0.3 is 12.6 Å². The molecule has 1 aliphatic heterocycles. The van der Waals surface area contributed by atoms with Crippen LogP contribution in [0.4, 0.5) is 13.6 Å². The molecule has 0 aliphatic carbocycles. The third kappa shape index (κ3) is 4.67. The zero-order valence-electron chi connectivity index (χ0n) is 14.9. The van der Waals surface area contributed by atoms with Gasteiger partial charge in [-0.15, -0.1) is 0 Å². The Bertz CT molecular complexity index is 627. The molecule has 2 rings (SSSR count). The van der Waals surface area contributed by atoms with Gasteiger partial charge in [0, 0.05) is 26.0 Å². The molecule has 25 heavy (non-hydrogen) atoms. The SMILES string of the molecule is CN(Cc1nccn1C(F)F)C(=O)C1CCCN1C(=O)OC(C)(C)C. The van der Waals surface area contributed by atoms with Crippen LogP contribution in [0.2, 0.25) is 0 Å². The van der Waals surface area contributed by atoms with Crippen molar-refractivity contribution < 1.29 is 23.1 Å². The minimum atomic E-state index is -2.72. The molecule has 1 saturated heterocycles. The molecule has 2 heterocycles. The zero-order valence-corrected chi connectivity index (χ0v) is 14.9. The number of likely N-dealkylation sites (N-methyl/N-ethyl adjacent to an activating group) is 1. The molecule has 0 aromatic carbocycles. The number of nitrogens with zero attached hydrogens (tertiary/aromatic N) is 4. The van der Waals surface area contributed by atoms with E-state index in [0.717, 1.165) is 0 Å². The summed E-state index contributed by atoms with van der Waals surface area (Å²) in [5.74, 6) is -0.222. The molecule has 0 N–H and O–H groups in total. The second-order valence-electron chi connectivity index (χ2n) is 7.05. The van der Waals surface area contributed by atoms with Crippen LogP contribution in [0.1, 0.15) is 46.0 Å². The summed E-state index contributed by atoms with van der Waals surface area (Å²) in [7, 11) is 1.51. The standard InChI is InChI=1S/C16H24F2N4O3/c1-16(2,3)25-15(24)21-8-5-6-11(21)13(23)20(4)10-12-19-7-9-22(12)14(17)18/h7,9,11,14H,5-6,8,10H2,1-4H3. The number of ether oxygens (including phenoxy) is 1. The van der Waals surface area contributed by atoms with Gasteiger partial charge in [0.1, 0.15) is 17.5 Å². The molecular weight excluding hydrogens is 334 g/mol. The maximum Gasteiger partial charge on any atom is 0.410 e. The normalized spacial score (nSPS) is 17.9. The Hall–Kier alpha value is -2.19. The lowest BCUT2D eigenvalue weighted by atomic mass is 10.2. The summed E-state index contributed by atoms with van der Waals surface area (Å²) in [6.45, 7) is 2.93. The summed E-state index contributed by atoms with van der Waals surface area (Å²) in [4.78, 5) is 31.6. The number of aromatic nitrogens is 2. The lowest BCUT2D eigenvalue weighted by Crippen LogP contribution is -2.48. The number of rotatable bonds is 4. The van der Waals surface area contributed by atoms with E-state index in [1.807, 2.05) is 0 Å². The molecule has 140 valence electrons. The zero-order chi connectivity index (χ0) is 18.8. The van der Waals surface area contributed by atoms with Crippen LogP contribution in [0, 0.1) is 0 Å². The fourth-order valence-corrected chi connectivity index (χ4v) is 2.75. The van der Waals surface area contributed by atoms with E-state index in [1.165, 1.54) is 29.2 Å². The molecule has 9 heteroatoms. The van der Waals surface area contributed by atoms with Gasteiger partial charge in [-0.05, 0) is 33.6 Å². The molecule has 1 aromatic rings. The van der Waals surface area contributed by atoms with E-state index in [1.54, 1.807) is 20.8 Å². The molecule has 7 nitrogen and oxygen atoms in total. The molecule has 2 amide bonds. The van der Waals surface area contributed by atoms with E-state index < -0.39 is 24.3 Å². The third-order valence-electron chi connectivity index (χ3n) is 3.88. The van der Waals surface area contributed by atoms with Gasteiger partial charge in [-0.2, -0.15) is 8.78 Å². The monoisotopic (exact) mass is 358 g/mol. The molecule has 1 fully saturated rings. The van der Waals surface area contributed by atoms with Crippen LogP contribution in [0.15, 0.2) is 12.4 Å². The van der Waals surface area contributed by atoms with Crippen LogP contribution in [0.25, 0.3) is 0 Å². The minimum absolute atomic E-state index is 0.0607. The molecule has 0 radical (unpaired) electrons. The van der Waals surface area contributed by atoms with E-state index in [4.69, 9.17) is 4.74 Å². The first-order valence-electron chi connectivity index (χ1n) is 8.14. The Balaban J connectivity index is 2.05.